The van der Waals surface area contributed by atoms with Crippen LogP contribution in [0.2, 0.25) is 42.3 Å². The summed E-state index contributed by atoms with van der Waals surface area (Å²) in [6.45, 7) is 23.3. The number of halogens is 1. The van der Waals surface area contributed by atoms with E-state index in [2.05, 4.69) is 93.8 Å². The fourth-order valence-corrected chi connectivity index (χ4v) is 12.5. The molecule has 0 aliphatic heterocycles. The first-order valence-corrected chi connectivity index (χ1v) is 20.4. The van der Waals surface area contributed by atoms with Crippen LogP contribution in [-0.2, 0) is 22.3 Å². The quantitative estimate of drug-likeness (QED) is 0.135. The first kappa shape index (κ1) is 30.3. The van der Waals surface area contributed by atoms with Gasteiger partial charge in [0.05, 0.1) is 6.26 Å². The summed E-state index contributed by atoms with van der Waals surface area (Å²) in [5.41, 5.74) is 4.68. The lowest BCUT2D eigenvalue weighted by atomic mass is 10.1. The summed E-state index contributed by atoms with van der Waals surface area (Å²) < 4.78 is 21.7. The van der Waals surface area contributed by atoms with Crippen LogP contribution in [0.15, 0.2) is 39.5 Å². The molecule has 3 rings (SSSR count). The van der Waals surface area contributed by atoms with Gasteiger partial charge in [0, 0.05) is 38.7 Å². The van der Waals surface area contributed by atoms with Crippen molar-refractivity contribution in [3.8, 4) is 11.3 Å². The molecule has 3 aromatic rings. The summed E-state index contributed by atoms with van der Waals surface area (Å²) in [4.78, 5) is 5.11. The molecular formula is C29H47BrN2O3Si2. The molecule has 206 valence electrons. The van der Waals surface area contributed by atoms with E-state index in [1.165, 1.54) is 0 Å². The summed E-state index contributed by atoms with van der Waals surface area (Å²) in [6.07, 6.45) is 3.52. The number of aryl methyl sites for hydroxylation is 1. The van der Waals surface area contributed by atoms with E-state index in [9.17, 15) is 0 Å². The van der Waals surface area contributed by atoms with Crippen LogP contribution in [0.4, 0.5) is 0 Å². The Morgan fingerprint density at radius 2 is 1.65 bits per heavy atom. The van der Waals surface area contributed by atoms with Gasteiger partial charge in [0.1, 0.15) is 28.4 Å². The van der Waals surface area contributed by atoms with Crippen molar-refractivity contribution in [1.82, 2.24) is 9.55 Å². The van der Waals surface area contributed by atoms with Gasteiger partial charge in [0.2, 0.25) is 0 Å². The van der Waals surface area contributed by atoms with Gasteiger partial charge in [0.15, 0.2) is 8.32 Å². The first-order chi connectivity index (χ1) is 17.4. The van der Waals surface area contributed by atoms with Crippen LogP contribution in [-0.4, -0.2) is 39.2 Å². The average Bonchev–Trinajstić information content (AvgIpc) is 3.39. The van der Waals surface area contributed by atoms with Crippen LogP contribution in [0.5, 0.6) is 0 Å². The Kier molecular flexibility index (Phi) is 10.5. The summed E-state index contributed by atoms with van der Waals surface area (Å²) in [6, 6.07) is 9.38. The van der Waals surface area contributed by atoms with Crippen molar-refractivity contribution in [3.63, 3.8) is 0 Å². The number of aromatic nitrogens is 2. The predicted molar refractivity (Wildman–Crippen MR) is 165 cm³/mol. The maximum Gasteiger partial charge on any atom is 0.200 e. The predicted octanol–water partition coefficient (Wildman–Crippen LogP) is 9.50. The number of rotatable bonds is 14. The molecule has 0 unspecified atom stereocenters. The Labute approximate surface area is 234 Å². The fourth-order valence-electron chi connectivity index (χ4n) is 5.61. The van der Waals surface area contributed by atoms with E-state index in [1.54, 1.807) is 6.26 Å². The lowest BCUT2D eigenvalue weighted by Gasteiger charge is -2.42. The summed E-state index contributed by atoms with van der Waals surface area (Å²) >= 11 is 3.86. The molecule has 0 atom stereocenters. The van der Waals surface area contributed by atoms with E-state index in [0.29, 0.717) is 23.4 Å². The van der Waals surface area contributed by atoms with Crippen LogP contribution >= 0.6 is 15.9 Å². The van der Waals surface area contributed by atoms with Crippen molar-refractivity contribution in [2.45, 2.75) is 103 Å². The van der Waals surface area contributed by atoms with Crippen molar-refractivity contribution in [1.29, 1.82) is 0 Å². The zero-order valence-corrected chi connectivity index (χ0v) is 27.9. The number of furan rings is 1. The topological polar surface area (TPSA) is 49.4 Å². The summed E-state index contributed by atoms with van der Waals surface area (Å²) in [5, 5.41) is 1.08. The Hall–Kier alpha value is -1.20. The molecule has 0 saturated carbocycles. The molecule has 0 radical (unpaired) electrons. The first-order valence-electron chi connectivity index (χ1n) is 13.8. The van der Waals surface area contributed by atoms with E-state index >= 15 is 0 Å². The molecule has 0 amide bonds. The van der Waals surface area contributed by atoms with Gasteiger partial charge < -0.3 is 13.6 Å². The standard InChI is InChI=1S/C29H47BrN2O3Si2/c1-21(2)37(22(3)4,23(5)6)35-15-10-11-27-31-28(25-12-13-26-24(19-25)14-16-34-26)29(30)32(27)20-33-17-18-36(7,8)9/h12-14,16,19,21-23H,10-11,15,17-18,20H2,1-9H3. The zero-order valence-electron chi connectivity index (χ0n) is 24.4. The van der Waals surface area contributed by atoms with Crippen LogP contribution in [0.1, 0.15) is 53.8 Å². The minimum absolute atomic E-state index is 0.505. The second kappa shape index (κ2) is 12.8. The number of nitrogens with zero attached hydrogens (tertiary/aromatic N) is 2. The molecule has 1 aromatic carbocycles. The SMILES string of the molecule is CC(C)[Si](OCCCc1nc(-c2ccc3occc3c2)c(Br)n1COCC[Si](C)(C)C)(C(C)C)C(C)C. The third kappa shape index (κ3) is 7.26. The molecule has 5 nitrogen and oxygen atoms in total. The van der Waals surface area contributed by atoms with E-state index in [1.807, 2.05) is 12.1 Å². The lowest BCUT2D eigenvalue weighted by Crippen LogP contribution is -2.48. The highest BCUT2D eigenvalue weighted by molar-refractivity contribution is 9.10. The highest BCUT2D eigenvalue weighted by Crippen LogP contribution is 2.42. The number of imidazole rings is 1. The van der Waals surface area contributed by atoms with Gasteiger partial charge in [-0.1, -0.05) is 61.2 Å². The van der Waals surface area contributed by atoms with Gasteiger partial charge in [-0.3, -0.25) is 4.57 Å². The molecule has 37 heavy (non-hydrogen) atoms. The molecule has 0 bridgehead atoms. The Balaban J connectivity index is 1.80. The maximum atomic E-state index is 6.83. The second-order valence-corrected chi connectivity index (χ2v) is 24.2. The Morgan fingerprint density at radius 1 is 0.973 bits per heavy atom. The van der Waals surface area contributed by atoms with Crippen LogP contribution in [0.25, 0.3) is 22.2 Å². The normalized spacial score (nSPS) is 13.1. The fraction of sp³-hybridized carbons (Fsp3) is 0.621. The molecule has 0 aliphatic rings. The van der Waals surface area contributed by atoms with Gasteiger partial charge in [-0.15, -0.1) is 0 Å². The summed E-state index contributed by atoms with van der Waals surface area (Å²) in [7, 11) is -3.01. The van der Waals surface area contributed by atoms with Crippen LogP contribution in [0.3, 0.4) is 0 Å². The number of ether oxygens (including phenoxy) is 1. The number of fused-ring (bicyclic) bond motifs is 1. The zero-order chi connectivity index (χ0) is 27.4. The third-order valence-corrected chi connectivity index (χ3v) is 16.2. The largest absolute Gasteiger partial charge is 0.464 e. The third-order valence-electron chi connectivity index (χ3n) is 7.53. The molecule has 0 spiro atoms. The van der Waals surface area contributed by atoms with Crippen LogP contribution in [0, 0.1) is 0 Å². The molecule has 2 aromatic heterocycles. The Bertz CT molecular complexity index is 1130. The minimum atomic E-state index is -1.87. The molecule has 2 heterocycles. The molecule has 0 N–H and O–H groups in total. The van der Waals surface area contributed by atoms with Gasteiger partial charge in [0.25, 0.3) is 0 Å². The van der Waals surface area contributed by atoms with Gasteiger partial charge in [-0.2, -0.15) is 0 Å². The van der Waals surface area contributed by atoms with E-state index in [4.69, 9.17) is 18.6 Å². The highest BCUT2D eigenvalue weighted by atomic mass is 79.9. The van der Waals surface area contributed by atoms with E-state index < -0.39 is 16.4 Å². The monoisotopic (exact) mass is 606 g/mol. The van der Waals surface area contributed by atoms with Crippen molar-refractivity contribution in [3.05, 3.63) is 41.0 Å². The molecule has 0 saturated heterocycles. The number of hydrogen-bond acceptors (Lipinski definition) is 4. The van der Waals surface area contributed by atoms with Gasteiger partial charge in [-0.25, -0.2) is 4.98 Å². The van der Waals surface area contributed by atoms with Gasteiger partial charge >= 0.3 is 0 Å². The maximum absolute atomic E-state index is 6.83. The molecule has 0 fully saturated rings. The second-order valence-electron chi connectivity index (χ2n) is 12.4. The molecule has 8 heteroatoms. The molecule has 0 aliphatic carbocycles. The van der Waals surface area contributed by atoms with Crippen molar-refractivity contribution >= 4 is 43.3 Å². The minimum Gasteiger partial charge on any atom is -0.464 e. The van der Waals surface area contributed by atoms with Crippen molar-refractivity contribution < 1.29 is 13.6 Å². The van der Waals surface area contributed by atoms with Crippen LogP contribution < -0.4 is 0 Å². The van der Waals surface area contributed by atoms with Crippen molar-refractivity contribution in [2.24, 2.45) is 0 Å². The van der Waals surface area contributed by atoms with E-state index in [-0.39, 0.29) is 0 Å². The van der Waals surface area contributed by atoms with E-state index in [0.717, 1.165) is 64.8 Å². The lowest BCUT2D eigenvalue weighted by molar-refractivity contribution is 0.0835. The number of hydrogen-bond donors (Lipinski definition) is 0. The average molecular weight is 608 g/mol. The highest BCUT2D eigenvalue weighted by Gasteiger charge is 2.44. The summed E-state index contributed by atoms with van der Waals surface area (Å²) in [5.74, 6) is 1.04. The number of benzene rings is 1. The Morgan fingerprint density at radius 3 is 2.27 bits per heavy atom. The van der Waals surface area contributed by atoms with Gasteiger partial charge in [-0.05, 0) is 69.3 Å². The van der Waals surface area contributed by atoms with Crippen molar-refractivity contribution in [2.75, 3.05) is 13.2 Å². The smallest absolute Gasteiger partial charge is 0.200 e. The molecular weight excluding hydrogens is 560 g/mol.